The highest BCUT2D eigenvalue weighted by Gasteiger charge is 2.08. The lowest BCUT2D eigenvalue weighted by molar-refractivity contribution is 0.197. The van der Waals surface area contributed by atoms with Gasteiger partial charge in [-0.15, -0.1) is 0 Å². The van der Waals surface area contributed by atoms with E-state index in [0.717, 1.165) is 27.6 Å². The molecule has 0 aliphatic rings. The number of phenols is 1. The molecule has 0 aliphatic carbocycles. The Morgan fingerprint density at radius 2 is 1.75 bits per heavy atom. The zero-order chi connectivity index (χ0) is 19.3. The first-order chi connectivity index (χ1) is 13.7. The van der Waals surface area contributed by atoms with Crippen LogP contribution < -0.4 is 4.74 Å². The number of aromatic hydroxyl groups is 1. The van der Waals surface area contributed by atoms with Gasteiger partial charge in [-0.25, -0.2) is 4.68 Å². The van der Waals surface area contributed by atoms with Gasteiger partial charge in [0.2, 0.25) is 0 Å². The molecule has 0 radical (unpaired) electrons. The average molecular weight is 372 g/mol. The van der Waals surface area contributed by atoms with Crippen LogP contribution in [-0.2, 0) is 0 Å². The lowest BCUT2D eigenvalue weighted by atomic mass is 10.0. The fraction of sp³-hybridized carbons (Fsp3) is 0.0870. The maximum atomic E-state index is 9.94. The second-order valence-corrected chi connectivity index (χ2v) is 6.34. The van der Waals surface area contributed by atoms with Gasteiger partial charge in [0.1, 0.15) is 6.61 Å². The molecule has 0 saturated heterocycles. The van der Waals surface area contributed by atoms with Crippen LogP contribution in [0.4, 0.5) is 0 Å². The minimum Gasteiger partial charge on any atom is -0.504 e. The fourth-order valence-corrected chi connectivity index (χ4v) is 3.02. The molecule has 0 aliphatic heterocycles. The van der Waals surface area contributed by atoms with Crippen LogP contribution in [0.5, 0.6) is 11.5 Å². The molecule has 2 N–H and O–H groups in total. The molecule has 0 unspecified atom stereocenters. The molecule has 4 rings (SSSR count). The van der Waals surface area contributed by atoms with Gasteiger partial charge in [0.05, 0.1) is 18.3 Å². The van der Waals surface area contributed by atoms with Gasteiger partial charge in [0.15, 0.2) is 11.5 Å². The molecular weight excluding hydrogens is 352 g/mol. The maximum absolute atomic E-state index is 9.94. The third-order valence-electron chi connectivity index (χ3n) is 4.45. The summed E-state index contributed by atoms with van der Waals surface area (Å²) >= 11 is 0. The Morgan fingerprint density at radius 3 is 2.57 bits per heavy atom. The van der Waals surface area contributed by atoms with Crippen molar-refractivity contribution in [1.82, 2.24) is 9.78 Å². The molecule has 0 saturated carbocycles. The van der Waals surface area contributed by atoms with Gasteiger partial charge >= 0.3 is 0 Å². The van der Waals surface area contributed by atoms with E-state index < -0.39 is 0 Å². The Hall–Kier alpha value is -3.57. The van der Waals surface area contributed by atoms with E-state index in [4.69, 9.17) is 9.84 Å². The van der Waals surface area contributed by atoms with Gasteiger partial charge in [0.25, 0.3) is 0 Å². The van der Waals surface area contributed by atoms with Crippen LogP contribution in [0, 0.1) is 0 Å². The summed E-state index contributed by atoms with van der Waals surface area (Å²) < 4.78 is 7.25. The third kappa shape index (κ3) is 3.75. The number of aliphatic hydroxyl groups excluding tert-OH is 1. The molecule has 28 heavy (non-hydrogen) atoms. The second kappa shape index (κ2) is 7.98. The van der Waals surface area contributed by atoms with Crippen molar-refractivity contribution in [2.75, 3.05) is 13.2 Å². The second-order valence-electron chi connectivity index (χ2n) is 6.34. The predicted octanol–water partition coefficient (Wildman–Crippen LogP) is 4.41. The van der Waals surface area contributed by atoms with E-state index in [-0.39, 0.29) is 19.0 Å². The van der Waals surface area contributed by atoms with E-state index >= 15 is 0 Å². The molecule has 4 aromatic rings. The largest absolute Gasteiger partial charge is 0.504 e. The molecule has 0 amide bonds. The first-order valence-corrected chi connectivity index (χ1v) is 9.02. The summed E-state index contributed by atoms with van der Waals surface area (Å²) in [6.07, 6.45) is 5.79. The van der Waals surface area contributed by atoms with Crippen molar-refractivity contribution in [1.29, 1.82) is 0 Å². The van der Waals surface area contributed by atoms with Crippen molar-refractivity contribution < 1.29 is 14.9 Å². The number of ether oxygens (including phenoxy) is 1. The Morgan fingerprint density at radius 1 is 0.964 bits per heavy atom. The van der Waals surface area contributed by atoms with Gasteiger partial charge in [-0.1, -0.05) is 48.5 Å². The van der Waals surface area contributed by atoms with Crippen molar-refractivity contribution in [3.8, 4) is 22.6 Å². The van der Waals surface area contributed by atoms with E-state index in [9.17, 15) is 5.11 Å². The van der Waals surface area contributed by atoms with E-state index in [0.29, 0.717) is 5.75 Å². The Labute approximate surface area is 162 Å². The quantitative estimate of drug-likeness (QED) is 0.526. The maximum Gasteiger partial charge on any atom is 0.161 e. The Bertz CT molecular complexity index is 1120. The lowest BCUT2D eigenvalue weighted by Crippen LogP contribution is -2.01. The standard InChI is InChI=1S/C23H20N2O3/c26-12-13-28-23-15-19(8-9-22(23)27)18-6-7-20-16-24-25(21(20)14-18)11-10-17-4-2-1-3-5-17/h1-11,14-16,26-27H,12-13H2. The van der Waals surface area contributed by atoms with Gasteiger partial charge in [-0.3, -0.25) is 0 Å². The number of aromatic nitrogens is 2. The van der Waals surface area contributed by atoms with Gasteiger partial charge in [-0.2, -0.15) is 5.10 Å². The van der Waals surface area contributed by atoms with E-state index in [1.54, 1.807) is 12.1 Å². The molecule has 5 nitrogen and oxygen atoms in total. The zero-order valence-corrected chi connectivity index (χ0v) is 15.2. The third-order valence-corrected chi connectivity index (χ3v) is 4.45. The molecule has 0 atom stereocenters. The average Bonchev–Trinajstić information content (AvgIpc) is 3.14. The molecule has 0 bridgehead atoms. The highest BCUT2D eigenvalue weighted by Crippen LogP contribution is 2.33. The van der Waals surface area contributed by atoms with Crippen LogP contribution in [0.2, 0.25) is 0 Å². The summed E-state index contributed by atoms with van der Waals surface area (Å²) in [6.45, 7) is 0.0235. The highest BCUT2D eigenvalue weighted by atomic mass is 16.5. The first kappa shape index (κ1) is 17.8. The van der Waals surface area contributed by atoms with Crippen LogP contribution in [-0.4, -0.2) is 33.2 Å². The first-order valence-electron chi connectivity index (χ1n) is 9.02. The van der Waals surface area contributed by atoms with Gasteiger partial charge in [0, 0.05) is 11.6 Å². The monoisotopic (exact) mass is 372 g/mol. The topological polar surface area (TPSA) is 67.5 Å². The summed E-state index contributed by atoms with van der Waals surface area (Å²) in [5.41, 5.74) is 3.98. The summed E-state index contributed by atoms with van der Waals surface area (Å²) in [7, 11) is 0. The van der Waals surface area contributed by atoms with Crippen molar-refractivity contribution in [3.05, 3.63) is 78.5 Å². The number of hydrogen-bond donors (Lipinski definition) is 2. The summed E-state index contributed by atoms with van der Waals surface area (Å²) in [4.78, 5) is 0. The molecular formula is C23H20N2O3. The number of nitrogens with zero attached hydrogens (tertiary/aromatic N) is 2. The molecule has 0 fully saturated rings. The van der Waals surface area contributed by atoms with Crippen LogP contribution in [0.1, 0.15) is 5.56 Å². The SMILES string of the molecule is OCCOc1cc(-c2ccc3cnn(C=Cc4ccccc4)c3c2)ccc1O. The van der Waals surface area contributed by atoms with E-state index in [2.05, 4.69) is 11.2 Å². The molecule has 5 heteroatoms. The number of aliphatic hydroxyl groups is 1. The van der Waals surface area contributed by atoms with E-state index in [1.165, 1.54) is 0 Å². The van der Waals surface area contributed by atoms with Gasteiger partial charge in [-0.05, 0) is 41.0 Å². The van der Waals surface area contributed by atoms with Gasteiger partial charge < -0.3 is 14.9 Å². The van der Waals surface area contributed by atoms with Crippen LogP contribution in [0.3, 0.4) is 0 Å². The smallest absolute Gasteiger partial charge is 0.161 e. The van der Waals surface area contributed by atoms with Crippen LogP contribution in [0.15, 0.2) is 72.9 Å². The number of hydrogen-bond acceptors (Lipinski definition) is 4. The minimum absolute atomic E-state index is 0.0501. The molecule has 1 heterocycles. The summed E-state index contributed by atoms with van der Waals surface area (Å²) in [5.74, 6) is 0.401. The Kier molecular flexibility index (Phi) is 5.08. The normalized spacial score (nSPS) is 11.3. The molecule has 0 spiro atoms. The zero-order valence-electron chi connectivity index (χ0n) is 15.2. The summed E-state index contributed by atoms with van der Waals surface area (Å²) in [5, 5.41) is 24.4. The number of rotatable bonds is 6. The van der Waals surface area contributed by atoms with Crippen molar-refractivity contribution in [3.63, 3.8) is 0 Å². The number of fused-ring (bicyclic) bond motifs is 1. The number of phenolic OH excluding ortho intramolecular Hbond substituents is 1. The van der Waals surface area contributed by atoms with Crippen molar-refractivity contribution in [2.24, 2.45) is 0 Å². The van der Waals surface area contributed by atoms with Crippen LogP contribution in [0.25, 0.3) is 34.3 Å². The van der Waals surface area contributed by atoms with Crippen LogP contribution >= 0.6 is 0 Å². The van der Waals surface area contributed by atoms with Crippen molar-refractivity contribution >= 4 is 23.2 Å². The molecule has 1 aromatic heterocycles. The van der Waals surface area contributed by atoms with Crippen molar-refractivity contribution in [2.45, 2.75) is 0 Å². The Balaban J connectivity index is 1.69. The fourth-order valence-electron chi connectivity index (χ4n) is 3.02. The lowest BCUT2D eigenvalue weighted by Gasteiger charge is -2.09. The molecule has 3 aromatic carbocycles. The summed E-state index contributed by atoms with van der Waals surface area (Å²) in [6, 6.07) is 21.4. The number of benzene rings is 3. The predicted molar refractivity (Wildman–Crippen MR) is 111 cm³/mol. The molecule has 140 valence electrons. The highest BCUT2D eigenvalue weighted by molar-refractivity contribution is 5.86. The van der Waals surface area contributed by atoms with E-state index in [1.807, 2.05) is 71.7 Å². The minimum atomic E-state index is -0.109.